The van der Waals surface area contributed by atoms with Crippen LogP contribution in [0, 0.1) is 5.92 Å². The van der Waals surface area contributed by atoms with Gasteiger partial charge in [-0.3, -0.25) is 4.79 Å². The average Bonchev–Trinajstić information content (AvgIpc) is 3.32. The number of carbonyl (C=O) groups is 1. The zero-order chi connectivity index (χ0) is 15.6. The maximum atomic E-state index is 12.0. The first kappa shape index (κ1) is 14.7. The SMILES string of the molecule is O=C(CNCC1CC1)Nc1ccc2c(c1)nc1n2CCCCC1. The maximum Gasteiger partial charge on any atom is 0.238 e. The summed E-state index contributed by atoms with van der Waals surface area (Å²) in [5.74, 6) is 2.00. The smallest absolute Gasteiger partial charge is 0.238 e. The van der Waals surface area contributed by atoms with E-state index in [0.717, 1.165) is 36.6 Å². The summed E-state index contributed by atoms with van der Waals surface area (Å²) in [4.78, 5) is 16.8. The Balaban J connectivity index is 1.44. The molecule has 2 aromatic rings. The molecule has 0 atom stereocenters. The van der Waals surface area contributed by atoms with Crippen LogP contribution < -0.4 is 10.6 Å². The molecule has 0 radical (unpaired) electrons. The third-order valence-corrected chi connectivity index (χ3v) is 4.81. The normalized spacial score (nSPS) is 17.7. The summed E-state index contributed by atoms with van der Waals surface area (Å²) in [6, 6.07) is 6.07. The van der Waals surface area contributed by atoms with Crippen molar-refractivity contribution in [1.82, 2.24) is 14.9 Å². The minimum atomic E-state index is 0.0192. The first-order chi connectivity index (χ1) is 11.3. The highest BCUT2D eigenvalue weighted by molar-refractivity contribution is 5.94. The van der Waals surface area contributed by atoms with E-state index in [1.807, 2.05) is 12.1 Å². The molecule has 1 aliphatic heterocycles. The molecule has 2 N–H and O–H groups in total. The summed E-state index contributed by atoms with van der Waals surface area (Å²) in [6.07, 6.45) is 7.39. The lowest BCUT2D eigenvalue weighted by molar-refractivity contribution is -0.115. The van der Waals surface area contributed by atoms with Gasteiger partial charge < -0.3 is 15.2 Å². The zero-order valence-electron chi connectivity index (χ0n) is 13.5. The third-order valence-electron chi connectivity index (χ3n) is 4.81. The van der Waals surface area contributed by atoms with Crippen LogP contribution in [0.5, 0.6) is 0 Å². The topological polar surface area (TPSA) is 59.0 Å². The van der Waals surface area contributed by atoms with Gasteiger partial charge in [0.15, 0.2) is 0 Å². The van der Waals surface area contributed by atoms with E-state index in [2.05, 4.69) is 21.3 Å². The van der Waals surface area contributed by atoms with E-state index in [4.69, 9.17) is 4.98 Å². The number of imidazole rings is 1. The Kier molecular flexibility index (Phi) is 4.04. The molecule has 2 heterocycles. The Bertz CT molecular complexity index is 717. The summed E-state index contributed by atoms with van der Waals surface area (Å²) < 4.78 is 2.34. The first-order valence-corrected chi connectivity index (χ1v) is 8.79. The minimum absolute atomic E-state index is 0.0192. The monoisotopic (exact) mass is 312 g/mol. The van der Waals surface area contributed by atoms with Crippen LogP contribution in [-0.4, -0.2) is 28.5 Å². The van der Waals surface area contributed by atoms with Gasteiger partial charge in [-0.05, 0) is 56.3 Å². The quantitative estimate of drug-likeness (QED) is 0.892. The Morgan fingerprint density at radius 2 is 2.17 bits per heavy atom. The van der Waals surface area contributed by atoms with Crippen LogP contribution >= 0.6 is 0 Å². The lowest BCUT2D eigenvalue weighted by atomic mass is 10.2. The number of hydrogen-bond acceptors (Lipinski definition) is 3. The summed E-state index contributed by atoms with van der Waals surface area (Å²) in [7, 11) is 0. The predicted molar refractivity (Wildman–Crippen MR) is 91.5 cm³/mol. The molecule has 0 unspecified atom stereocenters. The van der Waals surface area contributed by atoms with E-state index in [0.29, 0.717) is 6.54 Å². The molecule has 1 saturated carbocycles. The van der Waals surface area contributed by atoms with Gasteiger partial charge in [-0.15, -0.1) is 0 Å². The summed E-state index contributed by atoms with van der Waals surface area (Å²) in [5.41, 5.74) is 3.02. The minimum Gasteiger partial charge on any atom is -0.328 e. The van der Waals surface area contributed by atoms with Crippen molar-refractivity contribution in [3.63, 3.8) is 0 Å². The van der Waals surface area contributed by atoms with Crippen molar-refractivity contribution in [3.8, 4) is 0 Å². The first-order valence-electron chi connectivity index (χ1n) is 8.79. The molecule has 1 aromatic heterocycles. The number of nitrogens with one attached hydrogen (secondary N) is 2. The van der Waals surface area contributed by atoms with Crippen LogP contribution in [0.3, 0.4) is 0 Å². The molecule has 1 fully saturated rings. The lowest BCUT2D eigenvalue weighted by Crippen LogP contribution is -2.29. The number of hydrogen-bond donors (Lipinski definition) is 2. The van der Waals surface area contributed by atoms with Crippen molar-refractivity contribution >= 4 is 22.6 Å². The highest BCUT2D eigenvalue weighted by Gasteiger charge is 2.20. The van der Waals surface area contributed by atoms with Gasteiger partial charge in [0.1, 0.15) is 5.82 Å². The molecule has 1 amide bonds. The average molecular weight is 312 g/mol. The van der Waals surface area contributed by atoms with E-state index < -0.39 is 0 Å². The number of nitrogens with zero attached hydrogens (tertiary/aromatic N) is 2. The van der Waals surface area contributed by atoms with Gasteiger partial charge in [0.05, 0.1) is 17.6 Å². The van der Waals surface area contributed by atoms with Crippen molar-refractivity contribution in [2.75, 3.05) is 18.4 Å². The molecular weight excluding hydrogens is 288 g/mol. The van der Waals surface area contributed by atoms with Crippen LogP contribution in [0.1, 0.15) is 37.9 Å². The fraction of sp³-hybridized carbons (Fsp3) is 0.556. The number of aromatic nitrogens is 2. The summed E-state index contributed by atoms with van der Waals surface area (Å²) >= 11 is 0. The van der Waals surface area contributed by atoms with Crippen molar-refractivity contribution in [2.24, 2.45) is 5.92 Å². The van der Waals surface area contributed by atoms with E-state index in [1.165, 1.54) is 43.4 Å². The van der Waals surface area contributed by atoms with Crippen molar-refractivity contribution in [3.05, 3.63) is 24.0 Å². The number of anilines is 1. The van der Waals surface area contributed by atoms with E-state index in [-0.39, 0.29) is 5.91 Å². The third kappa shape index (κ3) is 3.39. The number of rotatable bonds is 5. The fourth-order valence-corrected chi connectivity index (χ4v) is 3.34. The van der Waals surface area contributed by atoms with E-state index in [9.17, 15) is 4.79 Å². The molecule has 0 spiro atoms. The highest BCUT2D eigenvalue weighted by Crippen LogP contribution is 2.27. The fourth-order valence-electron chi connectivity index (χ4n) is 3.34. The summed E-state index contributed by atoms with van der Waals surface area (Å²) in [6.45, 7) is 2.40. The number of carbonyl (C=O) groups excluding carboxylic acids is 1. The second-order valence-electron chi connectivity index (χ2n) is 6.82. The van der Waals surface area contributed by atoms with Crippen molar-refractivity contribution < 1.29 is 4.79 Å². The molecule has 5 heteroatoms. The van der Waals surface area contributed by atoms with Gasteiger partial charge >= 0.3 is 0 Å². The Morgan fingerprint density at radius 3 is 3.04 bits per heavy atom. The Labute approximate surface area is 136 Å². The van der Waals surface area contributed by atoms with Gasteiger partial charge in [0, 0.05) is 18.7 Å². The second-order valence-corrected chi connectivity index (χ2v) is 6.82. The Morgan fingerprint density at radius 1 is 1.26 bits per heavy atom. The van der Waals surface area contributed by atoms with Gasteiger partial charge in [0.25, 0.3) is 0 Å². The van der Waals surface area contributed by atoms with Crippen LogP contribution in [0.4, 0.5) is 5.69 Å². The van der Waals surface area contributed by atoms with Crippen molar-refractivity contribution in [2.45, 2.75) is 45.1 Å². The number of aryl methyl sites for hydroxylation is 2. The second kappa shape index (κ2) is 6.32. The van der Waals surface area contributed by atoms with E-state index >= 15 is 0 Å². The molecule has 0 bridgehead atoms. The molecule has 1 aliphatic carbocycles. The zero-order valence-corrected chi connectivity index (χ0v) is 13.5. The van der Waals surface area contributed by atoms with Crippen LogP contribution in [0.15, 0.2) is 18.2 Å². The standard InChI is InChI=1S/C18H24N4O/c23-18(12-19-11-13-5-6-13)20-14-7-8-16-15(10-14)21-17-4-2-1-3-9-22(16)17/h7-8,10,13,19H,1-6,9,11-12H2,(H,20,23). The Hall–Kier alpha value is -1.88. The van der Waals surface area contributed by atoms with Crippen LogP contribution in [-0.2, 0) is 17.8 Å². The molecule has 1 aromatic carbocycles. The van der Waals surface area contributed by atoms with E-state index in [1.54, 1.807) is 0 Å². The molecule has 4 rings (SSSR count). The molecular formula is C18H24N4O. The molecule has 5 nitrogen and oxygen atoms in total. The van der Waals surface area contributed by atoms with Crippen molar-refractivity contribution in [1.29, 1.82) is 0 Å². The molecule has 0 saturated heterocycles. The maximum absolute atomic E-state index is 12.0. The van der Waals surface area contributed by atoms with Crippen LogP contribution in [0.25, 0.3) is 11.0 Å². The largest absolute Gasteiger partial charge is 0.328 e. The predicted octanol–water partition coefficient (Wildman–Crippen LogP) is 2.70. The number of fused-ring (bicyclic) bond motifs is 3. The number of benzene rings is 1. The number of amides is 1. The lowest BCUT2D eigenvalue weighted by Gasteiger charge is -2.07. The van der Waals surface area contributed by atoms with Gasteiger partial charge in [-0.2, -0.15) is 0 Å². The summed E-state index contributed by atoms with van der Waals surface area (Å²) in [5, 5.41) is 6.19. The molecule has 23 heavy (non-hydrogen) atoms. The highest BCUT2D eigenvalue weighted by atomic mass is 16.1. The van der Waals surface area contributed by atoms with Crippen LogP contribution in [0.2, 0.25) is 0 Å². The van der Waals surface area contributed by atoms with Gasteiger partial charge in [-0.1, -0.05) is 6.42 Å². The van der Waals surface area contributed by atoms with Gasteiger partial charge in [0.2, 0.25) is 5.91 Å². The van der Waals surface area contributed by atoms with Gasteiger partial charge in [-0.25, -0.2) is 4.98 Å². The molecule has 122 valence electrons. The molecule has 2 aliphatic rings.